The highest BCUT2D eigenvalue weighted by Crippen LogP contribution is 2.23. The Morgan fingerprint density at radius 1 is 0.732 bits per heavy atom. The minimum absolute atomic E-state index is 0.154. The van der Waals surface area contributed by atoms with Crippen LogP contribution in [0.25, 0.3) is 0 Å². The van der Waals surface area contributed by atoms with Gasteiger partial charge in [0.25, 0.3) is 10.1 Å². The average molecular weight is 613 g/mol. The van der Waals surface area contributed by atoms with E-state index in [1.165, 1.54) is 38.5 Å². The predicted molar refractivity (Wildman–Crippen MR) is 150 cm³/mol. The number of rotatable bonds is 23. The zero-order valence-electron chi connectivity index (χ0n) is 24.7. The molecule has 0 aliphatic carbocycles. The topological polar surface area (TPSA) is 186 Å². The molecule has 0 spiro atoms. The van der Waals surface area contributed by atoms with Gasteiger partial charge in [-0.3, -0.25) is 14.1 Å². The number of esters is 2. The highest BCUT2D eigenvalue weighted by Gasteiger charge is 2.46. The van der Waals surface area contributed by atoms with Crippen LogP contribution in [0.5, 0.6) is 0 Å². The van der Waals surface area contributed by atoms with E-state index in [4.69, 9.17) is 23.5 Å². The van der Waals surface area contributed by atoms with Gasteiger partial charge in [0.05, 0.1) is 6.61 Å². The molecule has 0 aromatic heterocycles. The largest absolute Gasteiger partial charge is 0.462 e. The first kappa shape index (κ1) is 37.7. The van der Waals surface area contributed by atoms with E-state index in [-0.39, 0.29) is 19.4 Å². The lowest BCUT2D eigenvalue weighted by atomic mass is 10.00. The Balaban J connectivity index is 2.55. The molecule has 1 fully saturated rings. The molecule has 1 heterocycles. The molecule has 1 aliphatic rings. The first-order chi connectivity index (χ1) is 19.5. The number of ether oxygens (including phenoxy) is 4. The Kier molecular flexibility index (Phi) is 19.6. The molecular weight excluding hydrogens is 560 g/mol. The zero-order valence-corrected chi connectivity index (χ0v) is 25.5. The maximum absolute atomic E-state index is 12.3. The number of hydrogen-bond acceptors (Lipinski definition) is 11. The minimum atomic E-state index is -4.58. The van der Waals surface area contributed by atoms with Crippen LogP contribution in [0.1, 0.15) is 110 Å². The molecule has 1 saturated heterocycles. The molecule has 0 saturated carbocycles. The van der Waals surface area contributed by atoms with Crippen LogP contribution in [0.15, 0.2) is 0 Å². The molecule has 41 heavy (non-hydrogen) atoms. The summed E-state index contributed by atoms with van der Waals surface area (Å²) in [5, 5.41) is 30.3. The van der Waals surface area contributed by atoms with Crippen molar-refractivity contribution in [2.24, 2.45) is 0 Å². The fourth-order valence-corrected chi connectivity index (χ4v) is 5.19. The van der Waals surface area contributed by atoms with Crippen molar-refractivity contribution in [2.45, 2.75) is 147 Å². The summed E-state index contributed by atoms with van der Waals surface area (Å²) in [7, 11) is -4.58. The summed E-state index contributed by atoms with van der Waals surface area (Å²) >= 11 is 0. The smallest absolute Gasteiger partial charge is 0.306 e. The van der Waals surface area contributed by atoms with Crippen LogP contribution in [0.2, 0.25) is 0 Å². The highest BCUT2D eigenvalue weighted by molar-refractivity contribution is 7.85. The molecule has 0 aromatic carbocycles. The maximum Gasteiger partial charge on any atom is 0.306 e. The van der Waals surface area contributed by atoms with Crippen molar-refractivity contribution in [3.8, 4) is 0 Å². The van der Waals surface area contributed by atoms with Crippen molar-refractivity contribution in [1.29, 1.82) is 0 Å². The number of carbonyl (C=O) groups excluding carboxylic acids is 2. The molecule has 0 bridgehead atoms. The second-order valence-electron chi connectivity index (χ2n) is 10.8. The Hall–Kier alpha value is -1.35. The molecule has 0 radical (unpaired) electrons. The van der Waals surface area contributed by atoms with Gasteiger partial charge in [-0.15, -0.1) is 0 Å². The zero-order chi connectivity index (χ0) is 30.7. The fourth-order valence-electron chi connectivity index (χ4n) is 4.50. The lowest BCUT2D eigenvalue weighted by Gasteiger charge is -2.40. The third kappa shape index (κ3) is 17.4. The molecule has 1 aliphatic heterocycles. The van der Waals surface area contributed by atoms with Crippen LogP contribution >= 0.6 is 0 Å². The predicted octanol–water partition coefficient (Wildman–Crippen LogP) is 3.04. The maximum atomic E-state index is 12.3. The molecule has 0 amide bonds. The first-order valence-electron chi connectivity index (χ1n) is 15.1. The van der Waals surface area contributed by atoms with Crippen LogP contribution in [-0.2, 0) is 38.7 Å². The van der Waals surface area contributed by atoms with Crippen molar-refractivity contribution >= 4 is 22.1 Å². The van der Waals surface area contributed by atoms with Gasteiger partial charge in [-0.1, -0.05) is 84.5 Å². The highest BCUT2D eigenvalue weighted by atomic mass is 32.2. The van der Waals surface area contributed by atoms with E-state index in [0.717, 1.165) is 32.1 Å². The second-order valence-corrected chi connectivity index (χ2v) is 12.3. The molecule has 0 unspecified atom stereocenters. The summed E-state index contributed by atoms with van der Waals surface area (Å²) in [6.45, 7) is 3.47. The first-order valence-corrected chi connectivity index (χ1v) is 16.7. The van der Waals surface area contributed by atoms with E-state index < -0.39 is 71.2 Å². The molecule has 0 aromatic rings. The average Bonchev–Trinajstić information content (AvgIpc) is 2.91. The normalized spacial score (nSPS) is 23.7. The number of hydrogen-bond donors (Lipinski definition) is 4. The molecule has 242 valence electrons. The van der Waals surface area contributed by atoms with E-state index in [9.17, 15) is 33.3 Å². The quantitative estimate of drug-likeness (QED) is 0.0752. The Morgan fingerprint density at radius 2 is 1.24 bits per heavy atom. The summed E-state index contributed by atoms with van der Waals surface area (Å²) in [6.07, 6.45) is 4.42. The number of aliphatic hydroxyl groups is 3. The molecule has 4 N–H and O–H groups in total. The van der Waals surface area contributed by atoms with E-state index in [0.29, 0.717) is 12.8 Å². The van der Waals surface area contributed by atoms with Crippen LogP contribution in [-0.4, -0.2) is 96.0 Å². The lowest BCUT2D eigenvalue weighted by molar-refractivity contribution is -0.297. The van der Waals surface area contributed by atoms with Gasteiger partial charge in [-0.05, 0) is 12.8 Å². The molecular formula is C28H52O12S. The van der Waals surface area contributed by atoms with E-state index >= 15 is 0 Å². The summed E-state index contributed by atoms with van der Waals surface area (Å²) in [5.41, 5.74) is 0. The SMILES string of the molecule is CCCCCCCCCCCCC(=O)OC[C@H](CO[C@@H]1O[C@H](CS(=O)(=O)O)[C@@H](O)[C@H](O)[C@H]1O)OC(=O)CCCCC. The van der Waals surface area contributed by atoms with Gasteiger partial charge in [0.2, 0.25) is 0 Å². The monoisotopic (exact) mass is 612 g/mol. The number of aliphatic hydroxyl groups excluding tert-OH is 3. The van der Waals surface area contributed by atoms with Gasteiger partial charge in [0.15, 0.2) is 12.4 Å². The summed E-state index contributed by atoms with van der Waals surface area (Å²) in [4.78, 5) is 24.6. The van der Waals surface area contributed by atoms with E-state index in [1.54, 1.807) is 0 Å². The van der Waals surface area contributed by atoms with Gasteiger partial charge in [-0.2, -0.15) is 8.42 Å². The number of unbranched alkanes of at least 4 members (excludes halogenated alkanes) is 11. The van der Waals surface area contributed by atoms with E-state index in [1.807, 2.05) is 6.92 Å². The molecule has 1 rings (SSSR count). The van der Waals surface area contributed by atoms with Gasteiger partial charge in [0, 0.05) is 12.8 Å². The Labute approximate surface area is 244 Å². The standard InChI is InChI=1S/C28H52O12S/c1-3-5-7-8-9-10-11-12-13-15-16-23(29)37-18-21(39-24(30)17-14-6-4-2)19-38-28-27(33)26(32)25(31)22(40-28)20-41(34,35)36/h21-22,25-28,31-33H,3-20H2,1-2H3,(H,34,35,36)/t21-,22-,25-,26+,27-,28-/m1/s1. The summed E-state index contributed by atoms with van der Waals surface area (Å²) < 4.78 is 53.0. The van der Waals surface area contributed by atoms with E-state index in [2.05, 4.69) is 6.92 Å². The third-order valence-electron chi connectivity index (χ3n) is 6.94. The second kappa shape index (κ2) is 21.4. The van der Waals surface area contributed by atoms with Gasteiger partial charge in [0.1, 0.15) is 36.8 Å². The van der Waals surface area contributed by atoms with Crippen molar-refractivity contribution in [1.82, 2.24) is 0 Å². The van der Waals surface area contributed by atoms with Gasteiger partial charge >= 0.3 is 11.9 Å². The number of carbonyl (C=O) groups is 2. The Bertz CT molecular complexity index is 821. The summed E-state index contributed by atoms with van der Waals surface area (Å²) in [6, 6.07) is 0. The minimum Gasteiger partial charge on any atom is -0.462 e. The van der Waals surface area contributed by atoms with Crippen LogP contribution in [0, 0.1) is 0 Å². The van der Waals surface area contributed by atoms with Crippen LogP contribution in [0.3, 0.4) is 0 Å². The van der Waals surface area contributed by atoms with Crippen molar-refractivity contribution < 1.29 is 56.8 Å². The third-order valence-corrected chi connectivity index (χ3v) is 7.69. The van der Waals surface area contributed by atoms with Gasteiger partial charge < -0.3 is 34.3 Å². The van der Waals surface area contributed by atoms with Crippen LogP contribution in [0.4, 0.5) is 0 Å². The molecule has 6 atom stereocenters. The van der Waals surface area contributed by atoms with Crippen molar-refractivity contribution in [3.63, 3.8) is 0 Å². The van der Waals surface area contributed by atoms with Crippen molar-refractivity contribution in [2.75, 3.05) is 19.0 Å². The lowest BCUT2D eigenvalue weighted by Crippen LogP contribution is -2.60. The van der Waals surface area contributed by atoms with Gasteiger partial charge in [-0.25, -0.2) is 0 Å². The fraction of sp³-hybridized carbons (Fsp3) is 0.929. The summed E-state index contributed by atoms with van der Waals surface area (Å²) in [5.74, 6) is -2.01. The van der Waals surface area contributed by atoms with Crippen molar-refractivity contribution in [3.05, 3.63) is 0 Å². The Morgan fingerprint density at radius 3 is 1.83 bits per heavy atom. The van der Waals surface area contributed by atoms with Crippen LogP contribution < -0.4 is 0 Å². The molecule has 13 heteroatoms. The molecule has 12 nitrogen and oxygen atoms in total.